The number of ether oxygens (including phenoxy) is 1. The molecule has 0 aliphatic carbocycles. The monoisotopic (exact) mass is 307 g/mol. The highest BCUT2D eigenvalue weighted by Gasteiger charge is 2.24. The fourth-order valence-corrected chi connectivity index (χ4v) is 3.61. The standard InChI is InChI=1S/C14H17N3O3S/c15-8-5-11-10(16-13(18)7-20-11)6-9(8)17-14(19)12-3-1-2-4-21-12/h5-6,12H,1-4,7,15H2,(H,16,18)(H,17,19). The van der Waals surface area contributed by atoms with Crippen LogP contribution in [0.4, 0.5) is 17.1 Å². The average molecular weight is 307 g/mol. The minimum atomic E-state index is -0.215. The van der Waals surface area contributed by atoms with E-state index in [4.69, 9.17) is 10.5 Å². The molecule has 1 aromatic rings. The van der Waals surface area contributed by atoms with Crippen molar-refractivity contribution in [3.8, 4) is 5.75 Å². The third-order valence-electron chi connectivity index (χ3n) is 3.51. The third kappa shape index (κ3) is 3.07. The molecule has 1 unspecified atom stereocenters. The molecule has 7 heteroatoms. The van der Waals surface area contributed by atoms with Crippen molar-refractivity contribution in [3.63, 3.8) is 0 Å². The first-order valence-corrected chi connectivity index (χ1v) is 7.97. The fourth-order valence-electron chi connectivity index (χ4n) is 2.41. The first-order chi connectivity index (χ1) is 10.1. The molecule has 1 atom stereocenters. The highest BCUT2D eigenvalue weighted by atomic mass is 32.2. The van der Waals surface area contributed by atoms with Crippen molar-refractivity contribution in [2.24, 2.45) is 0 Å². The van der Waals surface area contributed by atoms with E-state index in [2.05, 4.69) is 10.6 Å². The minimum Gasteiger partial charge on any atom is -0.482 e. The number of rotatable bonds is 2. The molecule has 112 valence electrons. The van der Waals surface area contributed by atoms with Gasteiger partial charge >= 0.3 is 0 Å². The molecule has 21 heavy (non-hydrogen) atoms. The Hall–Kier alpha value is -1.89. The summed E-state index contributed by atoms with van der Waals surface area (Å²) in [7, 11) is 0. The molecule has 0 spiro atoms. The Labute approximate surface area is 126 Å². The number of benzene rings is 1. The van der Waals surface area contributed by atoms with E-state index in [9.17, 15) is 9.59 Å². The van der Waals surface area contributed by atoms with Gasteiger partial charge < -0.3 is 21.1 Å². The minimum absolute atomic E-state index is 0.0170. The number of carbonyl (C=O) groups is 2. The van der Waals surface area contributed by atoms with Crippen molar-refractivity contribution in [1.29, 1.82) is 0 Å². The summed E-state index contributed by atoms with van der Waals surface area (Å²) < 4.78 is 5.28. The van der Waals surface area contributed by atoms with Gasteiger partial charge in [-0.25, -0.2) is 0 Å². The van der Waals surface area contributed by atoms with Crippen LogP contribution in [0.2, 0.25) is 0 Å². The van der Waals surface area contributed by atoms with Gasteiger partial charge in [-0.3, -0.25) is 9.59 Å². The molecule has 4 N–H and O–H groups in total. The summed E-state index contributed by atoms with van der Waals surface area (Å²) >= 11 is 1.68. The molecule has 0 bridgehead atoms. The van der Waals surface area contributed by atoms with E-state index < -0.39 is 0 Å². The Morgan fingerprint density at radius 3 is 3.05 bits per heavy atom. The van der Waals surface area contributed by atoms with E-state index in [1.165, 1.54) is 6.42 Å². The smallest absolute Gasteiger partial charge is 0.262 e. The van der Waals surface area contributed by atoms with Crippen molar-refractivity contribution < 1.29 is 14.3 Å². The summed E-state index contributed by atoms with van der Waals surface area (Å²) in [4.78, 5) is 23.6. The van der Waals surface area contributed by atoms with Gasteiger partial charge in [0, 0.05) is 6.07 Å². The van der Waals surface area contributed by atoms with E-state index in [1.807, 2.05) is 0 Å². The lowest BCUT2D eigenvalue weighted by Crippen LogP contribution is -2.28. The Balaban J connectivity index is 1.77. The molecule has 6 nitrogen and oxygen atoms in total. The lowest BCUT2D eigenvalue weighted by molar-refractivity contribution is -0.118. The third-order valence-corrected chi connectivity index (χ3v) is 4.89. The van der Waals surface area contributed by atoms with Crippen LogP contribution < -0.4 is 21.1 Å². The topological polar surface area (TPSA) is 93.5 Å². The van der Waals surface area contributed by atoms with Crippen LogP contribution in [0.3, 0.4) is 0 Å². The molecule has 0 saturated carbocycles. The van der Waals surface area contributed by atoms with Crippen LogP contribution in [0.1, 0.15) is 19.3 Å². The predicted octanol–water partition coefficient (Wildman–Crippen LogP) is 1.82. The molecular weight excluding hydrogens is 290 g/mol. The Bertz CT molecular complexity index is 585. The van der Waals surface area contributed by atoms with Crippen LogP contribution in [0.15, 0.2) is 12.1 Å². The fraction of sp³-hybridized carbons (Fsp3) is 0.429. The molecule has 2 aliphatic heterocycles. The summed E-state index contributed by atoms with van der Waals surface area (Å²) in [5, 5.41) is 5.53. The highest BCUT2D eigenvalue weighted by Crippen LogP contribution is 2.36. The SMILES string of the molecule is Nc1cc2c(cc1NC(=O)C1CCCCS1)NC(=O)CO2. The lowest BCUT2D eigenvalue weighted by atomic mass is 10.1. The second-order valence-corrected chi connectivity index (χ2v) is 6.43. The largest absolute Gasteiger partial charge is 0.482 e. The van der Waals surface area contributed by atoms with Gasteiger partial charge in [-0.05, 0) is 24.7 Å². The predicted molar refractivity (Wildman–Crippen MR) is 83.7 cm³/mol. The maximum Gasteiger partial charge on any atom is 0.262 e. The number of amides is 2. The van der Waals surface area contributed by atoms with Crippen molar-refractivity contribution >= 4 is 40.6 Å². The number of nitrogens with two attached hydrogens (primary N) is 1. The average Bonchev–Trinajstić information content (AvgIpc) is 2.49. The first kappa shape index (κ1) is 14.1. The van der Waals surface area contributed by atoms with Crippen molar-refractivity contribution in [3.05, 3.63) is 12.1 Å². The maximum absolute atomic E-state index is 12.2. The van der Waals surface area contributed by atoms with E-state index in [1.54, 1.807) is 23.9 Å². The zero-order valence-corrected chi connectivity index (χ0v) is 12.3. The van der Waals surface area contributed by atoms with Crippen molar-refractivity contribution in [2.45, 2.75) is 24.5 Å². The lowest BCUT2D eigenvalue weighted by Gasteiger charge is -2.23. The van der Waals surface area contributed by atoms with Crippen LogP contribution >= 0.6 is 11.8 Å². The number of nitrogen functional groups attached to an aromatic ring is 1. The van der Waals surface area contributed by atoms with Crippen LogP contribution in [-0.2, 0) is 9.59 Å². The van der Waals surface area contributed by atoms with Gasteiger partial charge in [0.15, 0.2) is 6.61 Å². The van der Waals surface area contributed by atoms with Gasteiger partial charge in [-0.15, -0.1) is 11.8 Å². The number of carbonyl (C=O) groups excluding carboxylic acids is 2. The molecule has 0 aromatic heterocycles. The van der Waals surface area contributed by atoms with Gasteiger partial charge in [0.25, 0.3) is 5.91 Å². The molecule has 2 amide bonds. The highest BCUT2D eigenvalue weighted by molar-refractivity contribution is 8.00. The van der Waals surface area contributed by atoms with E-state index in [0.717, 1.165) is 18.6 Å². The first-order valence-electron chi connectivity index (χ1n) is 6.92. The van der Waals surface area contributed by atoms with E-state index >= 15 is 0 Å². The number of hydrogen-bond donors (Lipinski definition) is 3. The molecule has 0 radical (unpaired) electrons. The number of fused-ring (bicyclic) bond motifs is 1. The molecule has 1 saturated heterocycles. The van der Waals surface area contributed by atoms with Gasteiger partial charge in [0.05, 0.1) is 22.3 Å². The number of thioether (sulfide) groups is 1. The van der Waals surface area contributed by atoms with Crippen LogP contribution in [-0.4, -0.2) is 29.4 Å². The van der Waals surface area contributed by atoms with Gasteiger partial charge in [-0.1, -0.05) is 6.42 Å². The normalized spacial score (nSPS) is 21.0. The summed E-state index contributed by atoms with van der Waals surface area (Å²) in [6.45, 7) is -0.0170. The molecule has 3 rings (SSSR count). The Morgan fingerprint density at radius 2 is 2.29 bits per heavy atom. The van der Waals surface area contributed by atoms with E-state index in [-0.39, 0.29) is 23.7 Å². The second kappa shape index (κ2) is 5.85. The summed E-state index contributed by atoms with van der Waals surface area (Å²) in [6, 6.07) is 3.27. The molecule has 1 fully saturated rings. The zero-order valence-electron chi connectivity index (χ0n) is 11.5. The number of nitrogens with one attached hydrogen (secondary N) is 2. The van der Waals surface area contributed by atoms with E-state index in [0.29, 0.717) is 22.8 Å². The maximum atomic E-state index is 12.2. The van der Waals surface area contributed by atoms with Crippen LogP contribution in [0, 0.1) is 0 Å². The van der Waals surface area contributed by atoms with Gasteiger partial charge in [0.1, 0.15) is 5.75 Å². The number of hydrogen-bond acceptors (Lipinski definition) is 5. The molecule has 2 heterocycles. The molecule has 1 aromatic carbocycles. The Kier molecular flexibility index (Phi) is 3.92. The summed E-state index contributed by atoms with van der Waals surface area (Å²) in [5.74, 6) is 1.29. The summed E-state index contributed by atoms with van der Waals surface area (Å²) in [6.07, 6.45) is 3.13. The van der Waals surface area contributed by atoms with Crippen LogP contribution in [0.5, 0.6) is 5.75 Å². The Morgan fingerprint density at radius 1 is 1.43 bits per heavy atom. The van der Waals surface area contributed by atoms with Gasteiger partial charge in [-0.2, -0.15) is 0 Å². The quantitative estimate of drug-likeness (QED) is 0.725. The summed E-state index contributed by atoms with van der Waals surface area (Å²) in [5.41, 5.74) is 7.42. The van der Waals surface area contributed by atoms with Crippen molar-refractivity contribution in [1.82, 2.24) is 0 Å². The molecular formula is C14H17N3O3S. The molecule has 2 aliphatic rings. The van der Waals surface area contributed by atoms with Crippen LogP contribution in [0.25, 0.3) is 0 Å². The van der Waals surface area contributed by atoms with Crippen molar-refractivity contribution in [2.75, 3.05) is 28.7 Å². The zero-order chi connectivity index (χ0) is 14.8. The number of anilines is 3. The van der Waals surface area contributed by atoms with Gasteiger partial charge in [0.2, 0.25) is 5.91 Å². The second-order valence-electron chi connectivity index (χ2n) is 5.12.